The normalized spacial score (nSPS) is 17.0. The number of carbonyl (C=O) groups is 1. The lowest BCUT2D eigenvalue weighted by Crippen LogP contribution is -2.21. The lowest BCUT2D eigenvalue weighted by Gasteiger charge is -2.23. The molecule has 0 aromatic carbocycles. The van der Waals surface area contributed by atoms with Gasteiger partial charge in [0.2, 0.25) is 0 Å². The van der Waals surface area contributed by atoms with Crippen LogP contribution in [-0.4, -0.2) is 5.78 Å². The standard InChI is InChI=1S/C11H14OS/c1-2-8-6-7-13-11(8)10(12)9-4-3-5-9/h6-7,9H,2-5H2,1H3. The fourth-order valence-corrected chi connectivity index (χ4v) is 2.70. The molecular formula is C11H14OS. The van der Waals surface area contributed by atoms with Gasteiger partial charge in [-0.1, -0.05) is 13.3 Å². The van der Waals surface area contributed by atoms with Crippen molar-refractivity contribution in [3.8, 4) is 0 Å². The highest BCUT2D eigenvalue weighted by atomic mass is 32.1. The number of rotatable bonds is 3. The van der Waals surface area contributed by atoms with Crippen LogP contribution in [0.15, 0.2) is 11.4 Å². The Morgan fingerprint density at radius 2 is 2.38 bits per heavy atom. The molecule has 0 radical (unpaired) electrons. The predicted molar refractivity (Wildman–Crippen MR) is 55.4 cm³/mol. The lowest BCUT2D eigenvalue weighted by molar-refractivity contribution is 0.0859. The van der Waals surface area contributed by atoms with E-state index in [-0.39, 0.29) is 0 Å². The first-order chi connectivity index (χ1) is 6.33. The summed E-state index contributed by atoms with van der Waals surface area (Å²) in [5.74, 6) is 0.752. The molecule has 13 heavy (non-hydrogen) atoms. The van der Waals surface area contributed by atoms with Crippen LogP contribution < -0.4 is 0 Å². The summed E-state index contributed by atoms with van der Waals surface area (Å²) in [6, 6.07) is 2.08. The van der Waals surface area contributed by atoms with Gasteiger partial charge in [-0.25, -0.2) is 0 Å². The molecular weight excluding hydrogens is 180 g/mol. The van der Waals surface area contributed by atoms with Gasteiger partial charge >= 0.3 is 0 Å². The number of carbonyl (C=O) groups excluding carboxylic acids is 1. The van der Waals surface area contributed by atoms with Gasteiger partial charge in [0, 0.05) is 5.92 Å². The highest BCUT2D eigenvalue weighted by Crippen LogP contribution is 2.32. The van der Waals surface area contributed by atoms with Gasteiger partial charge in [-0.05, 0) is 36.3 Å². The fraction of sp³-hybridized carbons (Fsp3) is 0.545. The first-order valence-corrected chi connectivity index (χ1v) is 5.81. The van der Waals surface area contributed by atoms with Gasteiger partial charge in [0.05, 0.1) is 4.88 Å². The third-order valence-electron chi connectivity index (χ3n) is 2.83. The van der Waals surface area contributed by atoms with E-state index >= 15 is 0 Å². The summed E-state index contributed by atoms with van der Waals surface area (Å²) < 4.78 is 0. The summed E-state index contributed by atoms with van der Waals surface area (Å²) >= 11 is 1.61. The van der Waals surface area contributed by atoms with Crippen molar-refractivity contribution < 1.29 is 4.79 Å². The zero-order valence-corrected chi connectivity index (χ0v) is 8.69. The molecule has 0 spiro atoms. The van der Waals surface area contributed by atoms with Crippen LogP contribution in [0.1, 0.15) is 41.4 Å². The molecule has 1 fully saturated rings. The van der Waals surface area contributed by atoms with Crippen LogP contribution in [-0.2, 0) is 6.42 Å². The number of hydrogen-bond donors (Lipinski definition) is 0. The molecule has 1 saturated carbocycles. The Balaban J connectivity index is 2.18. The van der Waals surface area contributed by atoms with E-state index in [9.17, 15) is 4.79 Å². The van der Waals surface area contributed by atoms with Gasteiger partial charge in [-0.2, -0.15) is 0 Å². The Labute approximate surface area is 82.8 Å². The highest BCUT2D eigenvalue weighted by molar-refractivity contribution is 7.12. The first-order valence-electron chi connectivity index (χ1n) is 4.93. The number of Topliss-reactive ketones (excluding diaryl/α,β-unsaturated/α-hetero) is 1. The first kappa shape index (κ1) is 8.95. The van der Waals surface area contributed by atoms with Crippen molar-refractivity contribution in [1.82, 2.24) is 0 Å². The van der Waals surface area contributed by atoms with Crippen LogP contribution in [0, 0.1) is 5.92 Å². The number of hydrogen-bond acceptors (Lipinski definition) is 2. The predicted octanol–water partition coefficient (Wildman–Crippen LogP) is 3.29. The molecule has 1 aliphatic carbocycles. The van der Waals surface area contributed by atoms with E-state index in [4.69, 9.17) is 0 Å². The van der Waals surface area contributed by atoms with E-state index < -0.39 is 0 Å². The minimum Gasteiger partial charge on any atom is -0.293 e. The fourth-order valence-electron chi connectivity index (χ4n) is 1.69. The third-order valence-corrected chi connectivity index (χ3v) is 3.80. The van der Waals surface area contributed by atoms with Gasteiger partial charge in [0.1, 0.15) is 0 Å². The van der Waals surface area contributed by atoms with Crippen LogP contribution in [0.5, 0.6) is 0 Å². The summed E-state index contributed by atoms with van der Waals surface area (Å²) in [6.07, 6.45) is 4.44. The van der Waals surface area contributed by atoms with Gasteiger partial charge in [-0.15, -0.1) is 11.3 Å². The minimum absolute atomic E-state index is 0.351. The maximum absolute atomic E-state index is 11.9. The average molecular weight is 194 g/mol. The van der Waals surface area contributed by atoms with Gasteiger partial charge < -0.3 is 0 Å². The lowest BCUT2D eigenvalue weighted by atomic mass is 9.81. The molecule has 0 saturated heterocycles. The molecule has 0 unspecified atom stereocenters. The highest BCUT2D eigenvalue weighted by Gasteiger charge is 2.27. The summed E-state index contributed by atoms with van der Waals surface area (Å²) in [5, 5.41) is 2.03. The molecule has 0 bridgehead atoms. The van der Waals surface area contributed by atoms with Crippen molar-refractivity contribution in [3.63, 3.8) is 0 Å². The quantitative estimate of drug-likeness (QED) is 0.675. The smallest absolute Gasteiger partial charge is 0.176 e. The zero-order valence-electron chi connectivity index (χ0n) is 7.88. The van der Waals surface area contributed by atoms with Crippen molar-refractivity contribution in [2.45, 2.75) is 32.6 Å². The number of ketones is 1. The Kier molecular flexibility index (Phi) is 2.49. The Hall–Kier alpha value is -0.630. The van der Waals surface area contributed by atoms with Gasteiger partial charge in [0.25, 0.3) is 0 Å². The molecule has 1 aromatic rings. The molecule has 70 valence electrons. The Morgan fingerprint density at radius 1 is 1.62 bits per heavy atom. The summed E-state index contributed by atoms with van der Waals surface area (Å²) in [7, 11) is 0. The van der Waals surface area contributed by atoms with Crippen LogP contribution in [0.3, 0.4) is 0 Å². The number of aryl methyl sites for hydroxylation is 1. The second-order valence-corrected chi connectivity index (χ2v) is 4.54. The summed E-state index contributed by atoms with van der Waals surface area (Å²) in [6.45, 7) is 2.11. The SMILES string of the molecule is CCc1ccsc1C(=O)C1CCC1. The second kappa shape index (κ2) is 3.62. The topological polar surface area (TPSA) is 17.1 Å². The van der Waals surface area contributed by atoms with E-state index in [1.54, 1.807) is 11.3 Å². The minimum atomic E-state index is 0.351. The molecule has 2 rings (SSSR count). The summed E-state index contributed by atoms with van der Waals surface area (Å²) in [5.41, 5.74) is 1.24. The third kappa shape index (κ3) is 1.55. The number of thiophene rings is 1. The van der Waals surface area contributed by atoms with Crippen LogP contribution in [0.4, 0.5) is 0 Å². The maximum atomic E-state index is 11.9. The zero-order chi connectivity index (χ0) is 9.26. The van der Waals surface area contributed by atoms with E-state index in [0.29, 0.717) is 11.7 Å². The van der Waals surface area contributed by atoms with Crippen LogP contribution in [0.25, 0.3) is 0 Å². The van der Waals surface area contributed by atoms with Crippen molar-refractivity contribution in [2.75, 3.05) is 0 Å². The Bertz CT molecular complexity index is 310. The molecule has 0 aliphatic heterocycles. The monoisotopic (exact) mass is 194 g/mol. The van der Waals surface area contributed by atoms with Crippen molar-refractivity contribution in [1.29, 1.82) is 0 Å². The van der Waals surface area contributed by atoms with Crippen molar-refractivity contribution >= 4 is 17.1 Å². The average Bonchev–Trinajstić information content (AvgIpc) is 2.47. The van der Waals surface area contributed by atoms with E-state index in [1.807, 2.05) is 5.38 Å². The van der Waals surface area contributed by atoms with E-state index in [0.717, 1.165) is 24.1 Å². The molecule has 2 heteroatoms. The Morgan fingerprint density at radius 3 is 2.92 bits per heavy atom. The van der Waals surface area contributed by atoms with Crippen molar-refractivity contribution in [3.05, 3.63) is 21.9 Å². The van der Waals surface area contributed by atoms with E-state index in [2.05, 4.69) is 13.0 Å². The molecule has 1 aliphatic rings. The second-order valence-electron chi connectivity index (χ2n) is 3.62. The van der Waals surface area contributed by atoms with Crippen LogP contribution >= 0.6 is 11.3 Å². The largest absolute Gasteiger partial charge is 0.293 e. The molecule has 0 N–H and O–H groups in total. The van der Waals surface area contributed by atoms with Gasteiger partial charge in [-0.3, -0.25) is 4.79 Å². The van der Waals surface area contributed by atoms with Crippen molar-refractivity contribution in [2.24, 2.45) is 5.92 Å². The summed E-state index contributed by atoms with van der Waals surface area (Å²) in [4.78, 5) is 12.9. The van der Waals surface area contributed by atoms with E-state index in [1.165, 1.54) is 12.0 Å². The maximum Gasteiger partial charge on any atom is 0.176 e. The van der Waals surface area contributed by atoms with Crippen LogP contribution in [0.2, 0.25) is 0 Å². The molecule has 0 atom stereocenters. The molecule has 0 amide bonds. The molecule has 1 heterocycles. The molecule has 1 aromatic heterocycles. The van der Waals surface area contributed by atoms with Gasteiger partial charge in [0.15, 0.2) is 5.78 Å². The molecule has 1 nitrogen and oxygen atoms in total.